The van der Waals surface area contributed by atoms with Crippen molar-refractivity contribution < 1.29 is 4.74 Å². The molecule has 19 heavy (non-hydrogen) atoms. The third-order valence-corrected chi connectivity index (χ3v) is 4.22. The quantitative estimate of drug-likeness (QED) is 0.800. The van der Waals surface area contributed by atoms with Gasteiger partial charge in [-0.05, 0) is 41.8 Å². The van der Waals surface area contributed by atoms with E-state index in [4.69, 9.17) is 16.3 Å². The maximum Gasteiger partial charge on any atom is 0.160 e. The van der Waals surface area contributed by atoms with Gasteiger partial charge in [-0.1, -0.05) is 0 Å². The van der Waals surface area contributed by atoms with Crippen LogP contribution in [0, 0.1) is 0 Å². The molecule has 102 valence electrons. The fourth-order valence-corrected chi connectivity index (χ4v) is 3.12. The highest BCUT2D eigenvalue weighted by molar-refractivity contribution is 9.10. The molecule has 1 aliphatic rings. The Labute approximate surface area is 125 Å². The Hall–Kier alpha value is -0.650. The summed E-state index contributed by atoms with van der Waals surface area (Å²) >= 11 is 9.43. The maximum absolute atomic E-state index is 6.01. The van der Waals surface area contributed by atoms with Gasteiger partial charge in [-0.3, -0.25) is 0 Å². The van der Waals surface area contributed by atoms with Crippen LogP contribution in [0.25, 0.3) is 11.2 Å². The molecule has 1 unspecified atom stereocenters. The number of alkyl halides is 1. The molecule has 3 rings (SSSR count). The van der Waals surface area contributed by atoms with Crippen LogP contribution in [0.1, 0.15) is 25.6 Å². The van der Waals surface area contributed by atoms with E-state index in [0.717, 1.165) is 47.5 Å². The summed E-state index contributed by atoms with van der Waals surface area (Å²) in [7, 11) is 0. The van der Waals surface area contributed by atoms with Crippen molar-refractivity contribution in [2.45, 2.75) is 37.8 Å². The molecule has 4 nitrogen and oxygen atoms in total. The Morgan fingerprint density at radius 3 is 3.11 bits per heavy atom. The van der Waals surface area contributed by atoms with Crippen molar-refractivity contribution in [2.24, 2.45) is 0 Å². The van der Waals surface area contributed by atoms with Crippen LogP contribution >= 0.6 is 27.5 Å². The lowest BCUT2D eigenvalue weighted by molar-refractivity contribution is 0.00650. The third-order valence-electron chi connectivity index (χ3n) is 3.54. The van der Waals surface area contributed by atoms with E-state index in [-0.39, 0.29) is 5.60 Å². The van der Waals surface area contributed by atoms with Gasteiger partial charge in [0.1, 0.15) is 11.3 Å². The summed E-state index contributed by atoms with van der Waals surface area (Å²) in [6, 6.07) is 1.97. The second kappa shape index (κ2) is 5.04. The molecule has 1 atom stereocenters. The first-order valence-electron chi connectivity index (χ1n) is 6.32. The van der Waals surface area contributed by atoms with Gasteiger partial charge < -0.3 is 9.30 Å². The van der Waals surface area contributed by atoms with Crippen molar-refractivity contribution >= 4 is 38.7 Å². The van der Waals surface area contributed by atoms with E-state index in [1.165, 1.54) is 0 Å². The SMILES string of the molecule is CC1(Cn2c(CCl)nc3cc(Br)cnc32)CCCO1. The van der Waals surface area contributed by atoms with E-state index in [9.17, 15) is 0 Å². The van der Waals surface area contributed by atoms with Crippen molar-refractivity contribution in [1.82, 2.24) is 14.5 Å². The lowest BCUT2D eigenvalue weighted by Gasteiger charge is -2.24. The van der Waals surface area contributed by atoms with Crippen LogP contribution in [-0.4, -0.2) is 26.7 Å². The Morgan fingerprint density at radius 2 is 2.42 bits per heavy atom. The molecular formula is C13H15BrClN3O. The monoisotopic (exact) mass is 343 g/mol. The van der Waals surface area contributed by atoms with Gasteiger partial charge in [0.15, 0.2) is 5.65 Å². The van der Waals surface area contributed by atoms with E-state index in [1.807, 2.05) is 6.07 Å². The summed E-state index contributed by atoms with van der Waals surface area (Å²) in [5.74, 6) is 1.23. The first-order chi connectivity index (χ1) is 9.11. The summed E-state index contributed by atoms with van der Waals surface area (Å²) in [5, 5.41) is 0. The van der Waals surface area contributed by atoms with Crippen molar-refractivity contribution in [3.8, 4) is 0 Å². The van der Waals surface area contributed by atoms with Crippen LogP contribution in [0.15, 0.2) is 16.7 Å². The molecule has 0 aromatic carbocycles. The Morgan fingerprint density at radius 1 is 1.58 bits per heavy atom. The second-order valence-electron chi connectivity index (χ2n) is 5.15. The average Bonchev–Trinajstić information content (AvgIpc) is 2.94. The molecule has 6 heteroatoms. The molecule has 2 aromatic rings. The summed E-state index contributed by atoms with van der Waals surface area (Å²) < 4.78 is 8.87. The third kappa shape index (κ3) is 2.51. The average molecular weight is 345 g/mol. The van der Waals surface area contributed by atoms with Crippen LogP contribution in [0.5, 0.6) is 0 Å². The summed E-state index contributed by atoms with van der Waals surface area (Å²) in [4.78, 5) is 9.01. The number of hydrogen-bond donors (Lipinski definition) is 0. The van der Waals surface area contributed by atoms with E-state index in [1.54, 1.807) is 6.20 Å². The number of halogens is 2. The fourth-order valence-electron chi connectivity index (χ4n) is 2.60. The Balaban J connectivity index is 2.05. The number of fused-ring (bicyclic) bond motifs is 1. The molecule has 0 amide bonds. The van der Waals surface area contributed by atoms with E-state index < -0.39 is 0 Å². The highest BCUT2D eigenvalue weighted by atomic mass is 79.9. The van der Waals surface area contributed by atoms with Crippen LogP contribution in [0.2, 0.25) is 0 Å². The van der Waals surface area contributed by atoms with Gasteiger partial charge in [-0.25, -0.2) is 9.97 Å². The molecule has 1 saturated heterocycles. The van der Waals surface area contributed by atoms with Crippen molar-refractivity contribution in [3.05, 3.63) is 22.6 Å². The summed E-state index contributed by atoms with van der Waals surface area (Å²) in [6.07, 6.45) is 3.96. The Bertz CT molecular complexity index is 607. The minimum Gasteiger partial charge on any atom is -0.373 e. The van der Waals surface area contributed by atoms with Gasteiger partial charge >= 0.3 is 0 Å². The van der Waals surface area contributed by atoms with Crippen molar-refractivity contribution in [2.75, 3.05) is 6.61 Å². The molecule has 0 N–H and O–H groups in total. The highest BCUT2D eigenvalue weighted by Crippen LogP contribution is 2.29. The molecule has 1 aliphatic heterocycles. The van der Waals surface area contributed by atoms with Gasteiger partial charge in [-0.15, -0.1) is 11.6 Å². The first-order valence-corrected chi connectivity index (χ1v) is 7.65. The maximum atomic E-state index is 6.01. The van der Waals surface area contributed by atoms with Gasteiger partial charge in [0, 0.05) is 17.3 Å². The van der Waals surface area contributed by atoms with Crippen LogP contribution < -0.4 is 0 Å². The van der Waals surface area contributed by atoms with Crippen LogP contribution in [0.3, 0.4) is 0 Å². The van der Waals surface area contributed by atoms with Crippen LogP contribution in [0.4, 0.5) is 0 Å². The predicted octanol–water partition coefficient (Wildman–Crippen LogP) is 3.50. The second-order valence-corrected chi connectivity index (χ2v) is 6.33. The van der Waals surface area contributed by atoms with E-state index >= 15 is 0 Å². The minimum atomic E-state index is -0.136. The number of hydrogen-bond acceptors (Lipinski definition) is 3. The lowest BCUT2D eigenvalue weighted by atomic mass is 10.0. The molecule has 1 fully saturated rings. The zero-order valence-corrected chi connectivity index (χ0v) is 13.0. The smallest absolute Gasteiger partial charge is 0.160 e. The fraction of sp³-hybridized carbons (Fsp3) is 0.538. The lowest BCUT2D eigenvalue weighted by Crippen LogP contribution is -2.30. The van der Waals surface area contributed by atoms with Gasteiger partial charge in [0.2, 0.25) is 0 Å². The van der Waals surface area contributed by atoms with E-state index in [0.29, 0.717) is 5.88 Å². The normalized spacial score (nSPS) is 23.3. The number of ether oxygens (including phenoxy) is 1. The number of rotatable bonds is 3. The van der Waals surface area contributed by atoms with Crippen molar-refractivity contribution in [3.63, 3.8) is 0 Å². The zero-order valence-electron chi connectivity index (χ0n) is 10.7. The molecular weight excluding hydrogens is 330 g/mol. The number of imidazole rings is 1. The molecule has 0 bridgehead atoms. The number of pyridine rings is 1. The van der Waals surface area contributed by atoms with Gasteiger partial charge in [-0.2, -0.15) is 0 Å². The predicted molar refractivity (Wildman–Crippen MR) is 78.4 cm³/mol. The molecule has 0 saturated carbocycles. The van der Waals surface area contributed by atoms with Gasteiger partial charge in [0.05, 0.1) is 18.0 Å². The van der Waals surface area contributed by atoms with Crippen molar-refractivity contribution in [1.29, 1.82) is 0 Å². The number of nitrogens with zero attached hydrogens (tertiary/aromatic N) is 3. The molecule has 0 spiro atoms. The largest absolute Gasteiger partial charge is 0.373 e. The molecule has 0 radical (unpaired) electrons. The number of aromatic nitrogens is 3. The highest BCUT2D eigenvalue weighted by Gasteiger charge is 2.31. The zero-order chi connectivity index (χ0) is 13.5. The van der Waals surface area contributed by atoms with E-state index in [2.05, 4.69) is 37.4 Å². The minimum absolute atomic E-state index is 0.136. The molecule has 2 aromatic heterocycles. The summed E-state index contributed by atoms with van der Waals surface area (Å²) in [5.41, 5.74) is 1.60. The Kier molecular flexibility index (Phi) is 3.53. The molecule has 3 heterocycles. The molecule has 0 aliphatic carbocycles. The van der Waals surface area contributed by atoms with Gasteiger partial charge in [0.25, 0.3) is 0 Å². The summed E-state index contributed by atoms with van der Waals surface area (Å²) in [6.45, 7) is 3.72. The topological polar surface area (TPSA) is 39.9 Å². The standard InChI is InChI=1S/C13H15BrClN3O/c1-13(3-2-4-19-13)8-18-11(6-15)17-10-5-9(14)7-16-12(10)18/h5,7H,2-4,6,8H2,1H3. The van der Waals surface area contributed by atoms with Crippen LogP contribution in [-0.2, 0) is 17.2 Å². The first kappa shape index (κ1) is 13.3.